The van der Waals surface area contributed by atoms with Crippen LogP contribution in [0.3, 0.4) is 0 Å². The van der Waals surface area contributed by atoms with E-state index in [-0.39, 0.29) is 0 Å². The molecule has 2 unspecified atom stereocenters. The third-order valence-corrected chi connectivity index (χ3v) is 3.75. The van der Waals surface area contributed by atoms with Crippen molar-refractivity contribution in [3.63, 3.8) is 0 Å². The molecule has 0 aromatic carbocycles. The van der Waals surface area contributed by atoms with Gasteiger partial charge in [0.25, 0.3) is 0 Å². The number of nitrogens with one attached hydrogen (secondary N) is 2. The second kappa shape index (κ2) is 5.90. The second-order valence-electron chi connectivity index (χ2n) is 5.34. The summed E-state index contributed by atoms with van der Waals surface area (Å²) >= 11 is 0. The highest BCUT2D eigenvalue weighted by Gasteiger charge is 2.40. The Morgan fingerprint density at radius 1 is 1.35 bits per heavy atom. The van der Waals surface area contributed by atoms with Gasteiger partial charge in [-0.2, -0.15) is 0 Å². The van der Waals surface area contributed by atoms with Crippen molar-refractivity contribution < 1.29 is 9.47 Å². The third-order valence-electron chi connectivity index (χ3n) is 3.75. The molecule has 4 N–H and O–H groups in total. The van der Waals surface area contributed by atoms with Gasteiger partial charge in [0.05, 0.1) is 12.1 Å². The first-order valence-corrected chi connectivity index (χ1v) is 7.02. The van der Waals surface area contributed by atoms with Gasteiger partial charge in [-0.3, -0.25) is 0 Å². The second-order valence-corrected chi connectivity index (χ2v) is 5.34. The lowest BCUT2D eigenvalue weighted by atomic mass is 10.1. The van der Waals surface area contributed by atoms with Crippen molar-refractivity contribution in [2.45, 2.75) is 38.0 Å². The molecule has 1 aromatic rings. The number of hydrogen-bond acceptors (Lipinski definition) is 7. The Bertz CT molecular complexity index is 466. The molecule has 2 aliphatic rings. The standard InChI is InChI=1S/C13H21N5O2/c1-19-7-12-16-10(6-11(17-12)18-14)15-9-4-5-20-13(9)8-2-3-8/h6,8-9,13H,2-5,7,14H2,1H3,(H2,15,16,17,18). The molecule has 2 atom stereocenters. The molecule has 1 saturated heterocycles. The van der Waals surface area contributed by atoms with Crippen LogP contribution in [0.15, 0.2) is 6.07 Å². The van der Waals surface area contributed by atoms with Crippen LogP contribution >= 0.6 is 0 Å². The molecule has 2 heterocycles. The molecule has 7 heteroatoms. The van der Waals surface area contributed by atoms with E-state index >= 15 is 0 Å². The third kappa shape index (κ3) is 3.00. The number of ether oxygens (including phenoxy) is 2. The molecule has 3 rings (SSSR count). The summed E-state index contributed by atoms with van der Waals surface area (Å²) in [5.41, 5.74) is 2.56. The fraction of sp³-hybridized carbons (Fsp3) is 0.692. The van der Waals surface area contributed by atoms with E-state index in [9.17, 15) is 0 Å². The van der Waals surface area contributed by atoms with Crippen LogP contribution in [0.5, 0.6) is 0 Å². The fourth-order valence-corrected chi connectivity index (χ4v) is 2.68. The normalized spacial score (nSPS) is 25.7. The van der Waals surface area contributed by atoms with Gasteiger partial charge in [0.1, 0.15) is 18.2 Å². The van der Waals surface area contributed by atoms with Crippen LogP contribution in [0.25, 0.3) is 0 Å². The van der Waals surface area contributed by atoms with E-state index in [0.29, 0.717) is 36.3 Å². The average molecular weight is 279 g/mol. The van der Waals surface area contributed by atoms with Gasteiger partial charge < -0.3 is 20.2 Å². The minimum atomic E-state index is 0.310. The molecular weight excluding hydrogens is 258 g/mol. The molecule has 1 aromatic heterocycles. The summed E-state index contributed by atoms with van der Waals surface area (Å²) in [5.74, 6) is 8.10. The van der Waals surface area contributed by atoms with Gasteiger partial charge in [-0.15, -0.1) is 0 Å². The van der Waals surface area contributed by atoms with Crippen molar-refractivity contribution in [3.05, 3.63) is 11.9 Å². The van der Waals surface area contributed by atoms with Crippen LogP contribution < -0.4 is 16.6 Å². The maximum Gasteiger partial charge on any atom is 0.158 e. The predicted octanol–water partition coefficient (Wildman–Crippen LogP) is 0.888. The van der Waals surface area contributed by atoms with Crippen LogP contribution in [0.2, 0.25) is 0 Å². The monoisotopic (exact) mass is 279 g/mol. The molecule has 110 valence electrons. The number of nitrogens with zero attached hydrogens (tertiary/aromatic N) is 2. The highest BCUT2D eigenvalue weighted by atomic mass is 16.5. The number of rotatable bonds is 6. The number of nitrogen functional groups attached to an aromatic ring is 1. The van der Waals surface area contributed by atoms with E-state index in [1.807, 2.05) is 0 Å². The number of anilines is 2. The molecule has 0 amide bonds. The van der Waals surface area contributed by atoms with Crippen LogP contribution in [0.1, 0.15) is 25.1 Å². The lowest BCUT2D eigenvalue weighted by Crippen LogP contribution is -2.31. The molecule has 1 aliphatic heterocycles. The number of hydrogen-bond donors (Lipinski definition) is 3. The number of aromatic nitrogens is 2. The van der Waals surface area contributed by atoms with Crippen LogP contribution in [-0.2, 0) is 16.1 Å². The van der Waals surface area contributed by atoms with E-state index in [2.05, 4.69) is 20.7 Å². The van der Waals surface area contributed by atoms with Gasteiger partial charge in [-0.25, -0.2) is 15.8 Å². The van der Waals surface area contributed by atoms with Crippen molar-refractivity contribution in [2.24, 2.45) is 11.8 Å². The SMILES string of the molecule is COCc1nc(NN)cc(NC2CCOC2C2CC2)n1. The van der Waals surface area contributed by atoms with E-state index < -0.39 is 0 Å². The predicted molar refractivity (Wildman–Crippen MR) is 75.0 cm³/mol. The van der Waals surface area contributed by atoms with Crippen molar-refractivity contribution in [3.8, 4) is 0 Å². The van der Waals surface area contributed by atoms with Gasteiger partial charge in [0.15, 0.2) is 5.82 Å². The molecule has 7 nitrogen and oxygen atoms in total. The Morgan fingerprint density at radius 2 is 2.15 bits per heavy atom. The quantitative estimate of drug-likeness (QED) is 0.526. The van der Waals surface area contributed by atoms with E-state index in [1.165, 1.54) is 12.8 Å². The van der Waals surface area contributed by atoms with Crippen LogP contribution in [0, 0.1) is 5.92 Å². The molecule has 1 saturated carbocycles. The Morgan fingerprint density at radius 3 is 2.85 bits per heavy atom. The summed E-state index contributed by atoms with van der Waals surface area (Å²) in [7, 11) is 1.62. The molecular formula is C13H21N5O2. The summed E-state index contributed by atoms with van der Waals surface area (Å²) in [5, 5.41) is 3.46. The Kier molecular flexibility index (Phi) is 4.00. The van der Waals surface area contributed by atoms with Gasteiger partial charge >= 0.3 is 0 Å². The minimum absolute atomic E-state index is 0.310. The zero-order valence-electron chi connectivity index (χ0n) is 11.6. The Hall–Kier alpha value is -1.44. The molecule has 0 spiro atoms. The molecule has 2 fully saturated rings. The Balaban J connectivity index is 1.73. The lowest BCUT2D eigenvalue weighted by Gasteiger charge is -2.20. The first-order chi connectivity index (χ1) is 9.80. The summed E-state index contributed by atoms with van der Waals surface area (Å²) in [4.78, 5) is 8.69. The smallest absolute Gasteiger partial charge is 0.158 e. The van der Waals surface area contributed by atoms with Gasteiger partial charge in [-0.05, 0) is 25.2 Å². The maximum atomic E-state index is 5.83. The highest BCUT2D eigenvalue weighted by molar-refractivity contribution is 5.47. The zero-order valence-corrected chi connectivity index (χ0v) is 11.6. The fourth-order valence-electron chi connectivity index (χ4n) is 2.68. The van der Waals surface area contributed by atoms with E-state index in [4.69, 9.17) is 15.3 Å². The average Bonchev–Trinajstić information content (AvgIpc) is 3.19. The number of nitrogens with two attached hydrogens (primary N) is 1. The summed E-state index contributed by atoms with van der Waals surface area (Å²) in [6.45, 7) is 1.17. The highest BCUT2D eigenvalue weighted by Crippen LogP contribution is 2.39. The van der Waals surface area contributed by atoms with Crippen LogP contribution in [-0.4, -0.2) is 35.8 Å². The summed E-state index contributed by atoms with van der Waals surface area (Å²) in [6.07, 6.45) is 3.87. The molecule has 1 aliphatic carbocycles. The van der Waals surface area contributed by atoms with E-state index in [1.54, 1.807) is 13.2 Å². The summed E-state index contributed by atoms with van der Waals surface area (Å²) < 4.78 is 10.9. The molecule has 0 bridgehead atoms. The van der Waals surface area contributed by atoms with E-state index in [0.717, 1.165) is 18.8 Å². The number of hydrazine groups is 1. The van der Waals surface area contributed by atoms with Crippen molar-refractivity contribution in [1.82, 2.24) is 9.97 Å². The summed E-state index contributed by atoms with van der Waals surface area (Å²) in [6, 6.07) is 2.12. The van der Waals surface area contributed by atoms with Crippen molar-refractivity contribution in [1.29, 1.82) is 0 Å². The molecule has 0 radical (unpaired) electrons. The molecule has 20 heavy (non-hydrogen) atoms. The lowest BCUT2D eigenvalue weighted by molar-refractivity contribution is 0.0898. The zero-order chi connectivity index (χ0) is 13.9. The first-order valence-electron chi connectivity index (χ1n) is 7.02. The van der Waals surface area contributed by atoms with Gasteiger partial charge in [-0.1, -0.05) is 0 Å². The largest absolute Gasteiger partial charge is 0.377 e. The van der Waals surface area contributed by atoms with Gasteiger partial charge in [0, 0.05) is 19.8 Å². The number of methoxy groups -OCH3 is 1. The van der Waals surface area contributed by atoms with Crippen molar-refractivity contribution in [2.75, 3.05) is 24.5 Å². The topological polar surface area (TPSA) is 94.3 Å². The maximum absolute atomic E-state index is 5.83. The first kappa shape index (κ1) is 13.5. The minimum Gasteiger partial charge on any atom is -0.377 e. The van der Waals surface area contributed by atoms with Crippen molar-refractivity contribution >= 4 is 11.6 Å². The Labute approximate surface area is 118 Å². The van der Waals surface area contributed by atoms with Crippen LogP contribution in [0.4, 0.5) is 11.6 Å². The van der Waals surface area contributed by atoms with Gasteiger partial charge in [0.2, 0.25) is 0 Å².